The lowest BCUT2D eigenvalue weighted by Gasteiger charge is -1.93. The van der Waals surface area contributed by atoms with Crippen molar-refractivity contribution in [3.8, 4) is 0 Å². The van der Waals surface area contributed by atoms with Crippen molar-refractivity contribution in [1.29, 1.82) is 0 Å². The number of thiophene rings is 1. The molecule has 118 valence electrons. The van der Waals surface area contributed by atoms with Crippen LogP contribution in [0.1, 0.15) is 31.6 Å². The minimum atomic E-state index is -0.556. The molecule has 0 spiro atoms. The van der Waals surface area contributed by atoms with Crippen molar-refractivity contribution in [1.82, 2.24) is 0 Å². The van der Waals surface area contributed by atoms with Gasteiger partial charge in [-0.2, -0.15) is 0 Å². The molecule has 0 N–H and O–H groups in total. The Morgan fingerprint density at radius 1 is 1.35 bits per heavy atom. The predicted octanol–water partition coefficient (Wildman–Crippen LogP) is 3.09. The van der Waals surface area contributed by atoms with Gasteiger partial charge in [0.05, 0.1) is 12.0 Å². The van der Waals surface area contributed by atoms with E-state index in [1.807, 2.05) is 19.1 Å². The Labute approximate surface area is 136 Å². The Morgan fingerprint density at radius 2 is 2.13 bits per heavy atom. The molecule has 0 unspecified atom stereocenters. The number of nitrogens with zero attached hydrogens (tertiary/aromatic N) is 1. The molecular weight excluding hydrogens is 318 g/mol. The van der Waals surface area contributed by atoms with Crippen LogP contribution in [0.3, 0.4) is 0 Å². The summed E-state index contributed by atoms with van der Waals surface area (Å²) in [6, 6.07) is 5.28. The van der Waals surface area contributed by atoms with E-state index in [2.05, 4.69) is 9.73 Å². The molecule has 0 amide bonds. The highest BCUT2D eigenvalue weighted by molar-refractivity contribution is 7.14. The Balaban J connectivity index is 1.92. The van der Waals surface area contributed by atoms with Crippen LogP contribution in [0.2, 0.25) is 0 Å². The number of carbonyl (C=O) groups excluding carboxylic acids is 2. The van der Waals surface area contributed by atoms with E-state index in [9.17, 15) is 9.59 Å². The van der Waals surface area contributed by atoms with Gasteiger partial charge >= 0.3 is 11.9 Å². The maximum atomic E-state index is 11.9. The maximum Gasteiger partial charge on any atom is 0.363 e. The first-order valence-corrected chi connectivity index (χ1v) is 7.57. The first-order chi connectivity index (χ1) is 11.0. The van der Waals surface area contributed by atoms with Gasteiger partial charge in [-0.05, 0) is 32.0 Å². The van der Waals surface area contributed by atoms with Gasteiger partial charge in [-0.1, -0.05) is 0 Å². The van der Waals surface area contributed by atoms with E-state index in [1.54, 1.807) is 6.92 Å². The lowest BCUT2D eigenvalue weighted by Crippen LogP contribution is -2.03. The van der Waals surface area contributed by atoms with Crippen LogP contribution >= 0.6 is 11.3 Å². The second-order valence-electron chi connectivity index (χ2n) is 4.86. The van der Waals surface area contributed by atoms with Crippen molar-refractivity contribution in [2.75, 3.05) is 7.11 Å². The fraction of sp³-hybridized carbons (Fsp3) is 0.188. The van der Waals surface area contributed by atoms with Gasteiger partial charge in [0.15, 0.2) is 5.70 Å². The van der Waals surface area contributed by atoms with Gasteiger partial charge in [0.25, 0.3) is 0 Å². The smallest absolute Gasteiger partial charge is 0.363 e. The van der Waals surface area contributed by atoms with E-state index < -0.39 is 11.9 Å². The van der Waals surface area contributed by atoms with Crippen molar-refractivity contribution in [3.05, 3.63) is 50.7 Å². The predicted molar refractivity (Wildman–Crippen MR) is 84.4 cm³/mol. The normalized spacial score (nSPS) is 15.7. The van der Waals surface area contributed by atoms with Crippen LogP contribution in [0, 0.1) is 13.8 Å². The van der Waals surface area contributed by atoms with E-state index >= 15 is 0 Å². The molecule has 23 heavy (non-hydrogen) atoms. The number of cyclic esters (lactones) is 1. The van der Waals surface area contributed by atoms with Gasteiger partial charge in [-0.15, -0.1) is 11.3 Å². The first-order valence-electron chi connectivity index (χ1n) is 6.76. The number of furan rings is 1. The topological polar surface area (TPSA) is 78.1 Å². The zero-order valence-electron chi connectivity index (χ0n) is 12.7. The fourth-order valence-corrected chi connectivity index (χ4v) is 2.88. The number of carbonyl (C=O) groups is 2. The summed E-state index contributed by atoms with van der Waals surface area (Å²) in [6.45, 7) is 3.60. The van der Waals surface area contributed by atoms with Crippen LogP contribution in [-0.4, -0.2) is 24.9 Å². The third kappa shape index (κ3) is 2.95. The van der Waals surface area contributed by atoms with E-state index in [-0.39, 0.29) is 11.6 Å². The van der Waals surface area contributed by atoms with Gasteiger partial charge in [-0.3, -0.25) is 0 Å². The second kappa shape index (κ2) is 5.85. The van der Waals surface area contributed by atoms with Crippen LogP contribution in [-0.2, 0) is 14.3 Å². The zero-order valence-corrected chi connectivity index (χ0v) is 13.5. The molecule has 0 atom stereocenters. The molecule has 3 rings (SSSR count). The van der Waals surface area contributed by atoms with E-state index in [0.717, 1.165) is 9.75 Å². The monoisotopic (exact) mass is 331 g/mol. The highest BCUT2D eigenvalue weighted by Gasteiger charge is 2.26. The molecule has 0 bridgehead atoms. The quantitative estimate of drug-likeness (QED) is 0.638. The van der Waals surface area contributed by atoms with Crippen LogP contribution < -0.4 is 0 Å². The van der Waals surface area contributed by atoms with Gasteiger partial charge in [-0.25, -0.2) is 14.6 Å². The molecule has 3 heterocycles. The van der Waals surface area contributed by atoms with Crippen LogP contribution in [0.25, 0.3) is 6.08 Å². The third-order valence-electron chi connectivity index (χ3n) is 3.19. The Kier molecular flexibility index (Phi) is 3.87. The average molecular weight is 331 g/mol. The second-order valence-corrected chi connectivity index (χ2v) is 6.14. The van der Waals surface area contributed by atoms with Gasteiger partial charge in [0.2, 0.25) is 5.90 Å². The molecule has 0 radical (unpaired) electrons. The van der Waals surface area contributed by atoms with E-state index in [4.69, 9.17) is 9.15 Å². The number of hydrogen-bond donors (Lipinski definition) is 0. The van der Waals surface area contributed by atoms with E-state index in [1.165, 1.54) is 30.6 Å². The summed E-state index contributed by atoms with van der Waals surface area (Å²) in [7, 11) is 1.29. The lowest BCUT2D eigenvalue weighted by atomic mass is 10.2. The van der Waals surface area contributed by atoms with E-state index in [0.29, 0.717) is 17.1 Å². The maximum absolute atomic E-state index is 11.9. The molecule has 0 aliphatic carbocycles. The minimum Gasteiger partial charge on any atom is -0.465 e. The summed E-state index contributed by atoms with van der Waals surface area (Å²) >= 11 is 1.49. The van der Waals surface area contributed by atoms with Gasteiger partial charge in [0, 0.05) is 11.0 Å². The first kappa shape index (κ1) is 15.2. The number of rotatable bonds is 3. The summed E-state index contributed by atoms with van der Waals surface area (Å²) in [5, 5.41) is 0. The molecule has 0 saturated carbocycles. The van der Waals surface area contributed by atoms with Crippen LogP contribution in [0.15, 0.2) is 33.3 Å². The van der Waals surface area contributed by atoms with Gasteiger partial charge < -0.3 is 13.9 Å². The standard InChI is InChI=1S/C16H13NO5S/c1-8-4-5-13(23-8)14-17-12(16(19)22-14)7-10-6-11(9(2)21-10)15(18)20-3/h4-7H,1-3H3/b12-7-. The molecule has 0 aromatic carbocycles. The molecular formula is C16H13NO5S. The number of methoxy groups -OCH3 is 1. The Morgan fingerprint density at radius 3 is 2.78 bits per heavy atom. The SMILES string of the molecule is COC(=O)c1cc(/C=C2\N=C(c3ccc(C)s3)OC2=O)oc1C. The molecule has 2 aromatic heterocycles. The molecule has 6 nitrogen and oxygen atoms in total. The fourth-order valence-electron chi connectivity index (χ4n) is 2.09. The van der Waals surface area contributed by atoms with Crippen molar-refractivity contribution < 1.29 is 23.5 Å². The van der Waals surface area contributed by atoms with Crippen molar-refractivity contribution in [3.63, 3.8) is 0 Å². The Hall–Kier alpha value is -2.67. The molecule has 1 aliphatic rings. The molecule has 7 heteroatoms. The third-order valence-corrected chi connectivity index (χ3v) is 4.18. The molecule has 1 aliphatic heterocycles. The number of ether oxygens (including phenoxy) is 2. The van der Waals surface area contributed by atoms with Crippen molar-refractivity contribution in [2.45, 2.75) is 13.8 Å². The minimum absolute atomic E-state index is 0.121. The number of aliphatic imine (C=N–C) groups is 1. The summed E-state index contributed by atoms with van der Waals surface area (Å²) in [5.74, 6) is -0.0333. The number of aryl methyl sites for hydroxylation is 2. The Bertz CT molecular complexity index is 856. The molecule has 0 fully saturated rings. The van der Waals surface area contributed by atoms with Crippen LogP contribution in [0.5, 0.6) is 0 Å². The summed E-state index contributed by atoms with van der Waals surface area (Å²) < 4.78 is 15.3. The highest BCUT2D eigenvalue weighted by atomic mass is 32.1. The summed E-state index contributed by atoms with van der Waals surface area (Å²) in [6.07, 6.45) is 1.44. The van der Waals surface area contributed by atoms with Crippen molar-refractivity contribution in [2.24, 2.45) is 4.99 Å². The number of esters is 2. The average Bonchev–Trinajstić information content (AvgIpc) is 3.19. The van der Waals surface area contributed by atoms with Crippen LogP contribution in [0.4, 0.5) is 0 Å². The zero-order chi connectivity index (χ0) is 16.6. The molecule has 0 saturated heterocycles. The highest BCUT2D eigenvalue weighted by Crippen LogP contribution is 2.25. The summed E-state index contributed by atoms with van der Waals surface area (Å²) in [4.78, 5) is 29.6. The van der Waals surface area contributed by atoms with Gasteiger partial charge in [0.1, 0.15) is 17.1 Å². The number of hydrogen-bond acceptors (Lipinski definition) is 7. The van der Waals surface area contributed by atoms with Crippen molar-refractivity contribution >= 4 is 35.2 Å². The lowest BCUT2D eigenvalue weighted by molar-refractivity contribution is -0.129. The largest absolute Gasteiger partial charge is 0.465 e. The summed E-state index contributed by atoms with van der Waals surface area (Å²) in [5.41, 5.74) is 0.431. The molecule has 2 aromatic rings.